The molecule has 32 heavy (non-hydrogen) atoms. The Balaban J connectivity index is 1.14. The molecule has 3 heteroatoms. The van der Waals surface area contributed by atoms with E-state index in [4.69, 9.17) is 9.47 Å². The monoisotopic (exact) mass is 443 g/mol. The Bertz CT molecular complexity index is 614. The lowest BCUT2D eigenvalue weighted by Gasteiger charge is -2.58. The van der Waals surface area contributed by atoms with Gasteiger partial charge in [0, 0.05) is 32.2 Å². The fraction of sp³-hybridized carbons (Fsp3) is 1.00. The molecule has 1 saturated heterocycles. The molecule has 6 aliphatic rings. The molecule has 5 saturated carbocycles. The SMILES string of the molecule is COC1CCC2C3CCC4CC5CCCCC5CC4C3NCC2C1OCC1CCCCC1. The fourth-order valence-corrected chi connectivity index (χ4v) is 9.88. The van der Waals surface area contributed by atoms with E-state index in [1.54, 1.807) is 19.3 Å². The van der Waals surface area contributed by atoms with E-state index in [2.05, 4.69) is 5.32 Å². The first-order chi connectivity index (χ1) is 15.8. The van der Waals surface area contributed by atoms with Crippen LogP contribution in [-0.4, -0.2) is 38.5 Å². The van der Waals surface area contributed by atoms with E-state index in [1.807, 2.05) is 7.11 Å². The minimum absolute atomic E-state index is 0.312. The maximum absolute atomic E-state index is 6.79. The van der Waals surface area contributed by atoms with Crippen molar-refractivity contribution in [2.45, 2.75) is 115 Å². The highest BCUT2D eigenvalue weighted by Gasteiger charge is 2.53. The Morgan fingerprint density at radius 2 is 1.41 bits per heavy atom. The lowest BCUT2D eigenvalue weighted by atomic mass is 9.52. The molecule has 6 fully saturated rings. The van der Waals surface area contributed by atoms with Gasteiger partial charge in [0.25, 0.3) is 0 Å². The third-order valence-electron chi connectivity index (χ3n) is 11.5. The van der Waals surface area contributed by atoms with Gasteiger partial charge in [-0.25, -0.2) is 0 Å². The van der Waals surface area contributed by atoms with Crippen LogP contribution in [0.2, 0.25) is 0 Å². The molecule has 0 spiro atoms. The van der Waals surface area contributed by atoms with Crippen molar-refractivity contribution >= 4 is 0 Å². The Hall–Kier alpha value is -0.120. The van der Waals surface area contributed by atoms with Crippen LogP contribution in [0.4, 0.5) is 0 Å². The van der Waals surface area contributed by atoms with Gasteiger partial charge in [-0.15, -0.1) is 0 Å². The number of methoxy groups -OCH3 is 1. The molecule has 0 amide bonds. The number of hydrogen-bond acceptors (Lipinski definition) is 3. The Kier molecular flexibility index (Phi) is 6.89. The number of ether oxygens (including phenoxy) is 2. The molecule has 5 aliphatic carbocycles. The zero-order valence-corrected chi connectivity index (χ0v) is 20.7. The third kappa shape index (κ3) is 4.22. The van der Waals surface area contributed by atoms with Gasteiger partial charge >= 0.3 is 0 Å². The summed E-state index contributed by atoms with van der Waals surface area (Å²) in [5, 5.41) is 4.19. The zero-order valence-electron chi connectivity index (χ0n) is 20.7. The number of hydrogen-bond donors (Lipinski definition) is 1. The summed E-state index contributed by atoms with van der Waals surface area (Å²) in [5.41, 5.74) is 0. The average molecular weight is 444 g/mol. The number of rotatable bonds is 4. The van der Waals surface area contributed by atoms with E-state index in [1.165, 1.54) is 83.6 Å². The van der Waals surface area contributed by atoms with E-state index < -0.39 is 0 Å². The molecule has 0 radical (unpaired) electrons. The molecular weight excluding hydrogens is 394 g/mol. The standard InChI is InChI=1S/C29H49NO2/c1-31-27-14-13-23-24-12-11-22-15-20-9-5-6-10-21(20)16-25(22)28(24)30-17-26(23)29(27)32-18-19-7-3-2-4-8-19/h19-30H,2-18H2,1H3. The fourth-order valence-electron chi connectivity index (χ4n) is 9.88. The highest BCUT2D eigenvalue weighted by molar-refractivity contribution is 5.06. The van der Waals surface area contributed by atoms with Crippen LogP contribution in [-0.2, 0) is 9.47 Å². The highest BCUT2D eigenvalue weighted by atomic mass is 16.5. The normalized spacial score (nSPS) is 49.4. The average Bonchev–Trinajstić information content (AvgIpc) is 2.86. The predicted molar refractivity (Wildman–Crippen MR) is 130 cm³/mol. The van der Waals surface area contributed by atoms with E-state index in [0.717, 1.165) is 54.1 Å². The van der Waals surface area contributed by atoms with Crippen LogP contribution >= 0.6 is 0 Å². The number of nitrogens with one attached hydrogen (secondary N) is 1. The van der Waals surface area contributed by atoms with Gasteiger partial charge in [0.05, 0.1) is 12.2 Å². The van der Waals surface area contributed by atoms with Crippen LogP contribution in [0.1, 0.15) is 96.3 Å². The highest BCUT2D eigenvalue weighted by Crippen LogP contribution is 2.55. The summed E-state index contributed by atoms with van der Waals surface area (Å²) in [6.45, 7) is 2.16. The van der Waals surface area contributed by atoms with Crippen molar-refractivity contribution in [2.24, 2.45) is 47.3 Å². The third-order valence-corrected chi connectivity index (χ3v) is 11.5. The molecule has 182 valence electrons. The van der Waals surface area contributed by atoms with Crippen LogP contribution < -0.4 is 5.32 Å². The maximum atomic E-state index is 6.79. The van der Waals surface area contributed by atoms with Crippen molar-refractivity contribution in [3.63, 3.8) is 0 Å². The predicted octanol–water partition coefficient (Wildman–Crippen LogP) is 6.21. The molecule has 1 heterocycles. The zero-order chi connectivity index (χ0) is 21.5. The lowest BCUT2D eigenvalue weighted by molar-refractivity contribution is -0.155. The second-order valence-electron chi connectivity index (χ2n) is 12.9. The van der Waals surface area contributed by atoms with Crippen LogP contribution in [0, 0.1) is 47.3 Å². The Labute approximate surface area is 197 Å². The summed E-state index contributed by atoms with van der Waals surface area (Å²) in [7, 11) is 1.93. The van der Waals surface area contributed by atoms with Gasteiger partial charge in [0.1, 0.15) is 0 Å². The maximum Gasteiger partial charge on any atom is 0.0879 e. The van der Waals surface area contributed by atoms with Crippen molar-refractivity contribution in [1.29, 1.82) is 0 Å². The summed E-state index contributed by atoms with van der Waals surface area (Å²) in [6.07, 6.45) is 22.4. The summed E-state index contributed by atoms with van der Waals surface area (Å²) in [4.78, 5) is 0. The van der Waals surface area contributed by atoms with E-state index in [0.29, 0.717) is 18.1 Å². The first-order valence-corrected chi connectivity index (χ1v) is 14.7. The number of piperidine rings is 1. The minimum Gasteiger partial charge on any atom is -0.379 e. The summed E-state index contributed by atoms with van der Waals surface area (Å²) >= 11 is 0. The van der Waals surface area contributed by atoms with Crippen molar-refractivity contribution in [2.75, 3.05) is 20.3 Å². The van der Waals surface area contributed by atoms with Gasteiger partial charge in [-0.3, -0.25) is 0 Å². The molecule has 1 N–H and O–H groups in total. The van der Waals surface area contributed by atoms with Gasteiger partial charge in [-0.2, -0.15) is 0 Å². The second-order valence-corrected chi connectivity index (χ2v) is 12.9. The molecule has 10 unspecified atom stereocenters. The molecule has 0 aromatic rings. The van der Waals surface area contributed by atoms with Crippen LogP contribution in [0.15, 0.2) is 0 Å². The first-order valence-electron chi connectivity index (χ1n) is 14.7. The summed E-state index contributed by atoms with van der Waals surface area (Å²) < 4.78 is 12.8. The molecule has 10 atom stereocenters. The van der Waals surface area contributed by atoms with Crippen LogP contribution in [0.25, 0.3) is 0 Å². The van der Waals surface area contributed by atoms with Crippen molar-refractivity contribution in [3.8, 4) is 0 Å². The second kappa shape index (κ2) is 9.86. The summed E-state index contributed by atoms with van der Waals surface area (Å²) in [5.74, 6) is 7.35. The van der Waals surface area contributed by atoms with E-state index in [-0.39, 0.29) is 0 Å². The van der Waals surface area contributed by atoms with Gasteiger partial charge in [-0.1, -0.05) is 44.9 Å². The molecule has 0 aromatic carbocycles. The molecule has 0 aromatic heterocycles. The molecule has 3 nitrogen and oxygen atoms in total. The van der Waals surface area contributed by atoms with Crippen molar-refractivity contribution in [3.05, 3.63) is 0 Å². The van der Waals surface area contributed by atoms with Crippen molar-refractivity contribution < 1.29 is 9.47 Å². The molecular formula is C29H49NO2. The molecule has 0 bridgehead atoms. The Morgan fingerprint density at radius 3 is 2.22 bits per heavy atom. The van der Waals surface area contributed by atoms with E-state index in [9.17, 15) is 0 Å². The first kappa shape index (κ1) is 22.4. The van der Waals surface area contributed by atoms with Crippen LogP contribution in [0.3, 0.4) is 0 Å². The van der Waals surface area contributed by atoms with Crippen molar-refractivity contribution in [1.82, 2.24) is 5.32 Å². The minimum atomic E-state index is 0.312. The Morgan fingerprint density at radius 1 is 0.656 bits per heavy atom. The largest absolute Gasteiger partial charge is 0.379 e. The summed E-state index contributed by atoms with van der Waals surface area (Å²) in [6, 6.07) is 0.802. The molecule has 6 rings (SSSR count). The van der Waals surface area contributed by atoms with Gasteiger partial charge in [-0.05, 0) is 92.8 Å². The number of fused-ring (bicyclic) bond motifs is 6. The quantitative estimate of drug-likeness (QED) is 0.560. The smallest absolute Gasteiger partial charge is 0.0879 e. The topological polar surface area (TPSA) is 30.5 Å². The van der Waals surface area contributed by atoms with Gasteiger partial charge in [0.15, 0.2) is 0 Å². The lowest BCUT2D eigenvalue weighted by Crippen LogP contribution is -2.63. The van der Waals surface area contributed by atoms with Gasteiger partial charge in [0.2, 0.25) is 0 Å². The molecule has 1 aliphatic heterocycles. The van der Waals surface area contributed by atoms with E-state index >= 15 is 0 Å². The van der Waals surface area contributed by atoms with Gasteiger partial charge < -0.3 is 14.8 Å². The van der Waals surface area contributed by atoms with Crippen LogP contribution in [0.5, 0.6) is 0 Å².